The van der Waals surface area contributed by atoms with Crippen molar-refractivity contribution in [1.29, 1.82) is 0 Å². The molecule has 5 nitrogen and oxygen atoms in total. The van der Waals surface area contributed by atoms with Crippen molar-refractivity contribution in [2.24, 2.45) is 5.41 Å². The molecule has 1 rings (SSSR count). The number of alkyl halides is 3. The van der Waals surface area contributed by atoms with E-state index in [0.29, 0.717) is 0 Å². The maximum absolute atomic E-state index is 12.3. The third kappa shape index (κ3) is 4.87. The zero-order chi connectivity index (χ0) is 17.7. The molecule has 0 heterocycles. The Labute approximate surface area is 131 Å². The predicted octanol–water partition coefficient (Wildman–Crippen LogP) is 3.21. The van der Waals surface area contributed by atoms with Gasteiger partial charge in [-0.2, -0.15) is 0 Å². The van der Waals surface area contributed by atoms with Gasteiger partial charge in [0.25, 0.3) is 5.91 Å². The number of benzene rings is 1. The number of amides is 1. The number of carboxylic acids is 1. The van der Waals surface area contributed by atoms with Crippen molar-refractivity contribution in [3.63, 3.8) is 0 Å². The number of nitrogens with one attached hydrogen (secondary N) is 1. The van der Waals surface area contributed by atoms with Gasteiger partial charge in [-0.1, -0.05) is 26.0 Å². The molecular formula is C15H18F3NO4. The van der Waals surface area contributed by atoms with Gasteiger partial charge in [-0.25, -0.2) is 0 Å². The van der Waals surface area contributed by atoms with Crippen molar-refractivity contribution < 1.29 is 32.6 Å². The molecule has 0 atom stereocenters. The highest BCUT2D eigenvalue weighted by Gasteiger charge is 2.36. The fourth-order valence-corrected chi connectivity index (χ4v) is 2.09. The zero-order valence-electron chi connectivity index (χ0n) is 12.7. The van der Waals surface area contributed by atoms with Crippen LogP contribution in [0, 0.1) is 5.41 Å². The molecule has 0 aliphatic rings. The Morgan fingerprint density at radius 2 is 1.74 bits per heavy atom. The summed E-state index contributed by atoms with van der Waals surface area (Å²) >= 11 is 0. The standard InChI is InChI=1S/C15H18F3NO4/c1-3-14(4-2,13(21)22)9-19-12(20)10-7-5-6-8-11(10)23-15(16,17)18/h5-8H,3-4,9H2,1-2H3,(H,19,20)(H,21,22). The van der Waals surface area contributed by atoms with Crippen LogP contribution in [-0.4, -0.2) is 29.9 Å². The van der Waals surface area contributed by atoms with Crippen LogP contribution in [-0.2, 0) is 4.79 Å². The molecule has 128 valence electrons. The summed E-state index contributed by atoms with van der Waals surface area (Å²) in [5.41, 5.74) is -1.47. The van der Waals surface area contributed by atoms with E-state index in [0.717, 1.165) is 6.07 Å². The van der Waals surface area contributed by atoms with Crippen LogP contribution >= 0.6 is 0 Å². The summed E-state index contributed by atoms with van der Waals surface area (Å²) in [4.78, 5) is 23.5. The Hall–Kier alpha value is -2.25. The number of rotatable bonds is 7. The number of hydrogen-bond acceptors (Lipinski definition) is 3. The molecule has 0 aliphatic heterocycles. The lowest BCUT2D eigenvalue weighted by Gasteiger charge is -2.27. The summed E-state index contributed by atoms with van der Waals surface area (Å²) in [6, 6.07) is 4.89. The van der Waals surface area contributed by atoms with Crippen LogP contribution in [0.15, 0.2) is 24.3 Å². The Morgan fingerprint density at radius 3 is 2.22 bits per heavy atom. The van der Waals surface area contributed by atoms with Crippen molar-refractivity contribution in [1.82, 2.24) is 5.32 Å². The van der Waals surface area contributed by atoms with E-state index < -0.39 is 29.4 Å². The van der Waals surface area contributed by atoms with Crippen LogP contribution < -0.4 is 10.1 Å². The summed E-state index contributed by atoms with van der Waals surface area (Å²) < 4.78 is 40.8. The SMILES string of the molecule is CCC(CC)(CNC(=O)c1ccccc1OC(F)(F)F)C(=O)O. The average molecular weight is 333 g/mol. The van der Waals surface area contributed by atoms with Gasteiger partial charge in [0.2, 0.25) is 0 Å². The monoisotopic (exact) mass is 333 g/mol. The minimum Gasteiger partial charge on any atom is -0.481 e. The second-order valence-electron chi connectivity index (χ2n) is 5.02. The Bertz CT molecular complexity index is 568. The minimum atomic E-state index is -4.92. The van der Waals surface area contributed by atoms with E-state index in [4.69, 9.17) is 0 Å². The second-order valence-corrected chi connectivity index (χ2v) is 5.02. The van der Waals surface area contributed by atoms with Crippen LogP contribution in [0.3, 0.4) is 0 Å². The molecule has 0 aromatic heterocycles. The maximum Gasteiger partial charge on any atom is 0.573 e. The van der Waals surface area contributed by atoms with Crippen molar-refractivity contribution in [2.75, 3.05) is 6.54 Å². The number of carboxylic acid groups (broad SMARTS) is 1. The first-order valence-electron chi connectivity index (χ1n) is 7.01. The van der Waals surface area contributed by atoms with E-state index >= 15 is 0 Å². The van der Waals surface area contributed by atoms with Gasteiger partial charge in [-0.3, -0.25) is 9.59 Å². The fourth-order valence-electron chi connectivity index (χ4n) is 2.09. The number of aliphatic carboxylic acids is 1. The Morgan fingerprint density at radius 1 is 1.17 bits per heavy atom. The maximum atomic E-state index is 12.3. The number of hydrogen-bond donors (Lipinski definition) is 2. The third-order valence-electron chi connectivity index (χ3n) is 3.75. The van der Waals surface area contributed by atoms with Crippen LogP contribution in [0.2, 0.25) is 0 Å². The Kier molecular flexibility index (Phi) is 6.00. The molecule has 0 bridgehead atoms. The van der Waals surface area contributed by atoms with Crippen molar-refractivity contribution >= 4 is 11.9 Å². The second kappa shape index (κ2) is 7.34. The molecule has 0 aliphatic carbocycles. The normalized spacial score (nSPS) is 11.9. The highest BCUT2D eigenvalue weighted by atomic mass is 19.4. The van der Waals surface area contributed by atoms with Crippen LogP contribution in [0.1, 0.15) is 37.0 Å². The molecule has 0 saturated carbocycles. The topological polar surface area (TPSA) is 75.6 Å². The van der Waals surface area contributed by atoms with Gasteiger partial charge in [0.1, 0.15) is 5.75 Å². The van der Waals surface area contributed by atoms with Crippen LogP contribution in [0.5, 0.6) is 5.75 Å². The van der Waals surface area contributed by atoms with Gasteiger partial charge in [0, 0.05) is 6.54 Å². The summed E-state index contributed by atoms with van der Waals surface area (Å²) in [6.07, 6.45) is -4.37. The molecular weight excluding hydrogens is 315 g/mol. The molecule has 0 spiro atoms. The van der Waals surface area contributed by atoms with Crippen molar-refractivity contribution in [2.45, 2.75) is 33.1 Å². The first kappa shape index (κ1) is 18.8. The first-order chi connectivity index (χ1) is 10.6. The predicted molar refractivity (Wildman–Crippen MR) is 76.1 cm³/mol. The lowest BCUT2D eigenvalue weighted by atomic mass is 9.82. The minimum absolute atomic E-state index is 0.186. The van der Waals surface area contributed by atoms with Crippen LogP contribution in [0.25, 0.3) is 0 Å². The lowest BCUT2D eigenvalue weighted by Crippen LogP contribution is -2.42. The third-order valence-corrected chi connectivity index (χ3v) is 3.75. The van der Waals surface area contributed by atoms with E-state index in [1.807, 2.05) is 0 Å². The molecule has 2 N–H and O–H groups in total. The van der Waals surface area contributed by atoms with E-state index in [2.05, 4.69) is 10.1 Å². The molecule has 8 heteroatoms. The van der Waals surface area contributed by atoms with Gasteiger partial charge < -0.3 is 15.2 Å². The molecule has 0 unspecified atom stereocenters. The van der Waals surface area contributed by atoms with E-state index in [9.17, 15) is 27.9 Å². The summed E-state index contributed by atoms with van der Waals surface area (Å²) in [7, 11) is 0. The largest absolute Gasteiger partial charge is 0.573 e. The summed E-state index contributed by atoms with van der Waals surface area (Å²) in [6.45, 7) is 3.16. The van der Waals surface area contributed by atoms with Gasteiger partial charge in [0.05, 0.1) is 11.0 Å². The highest BCUT2D eigenvalue weighted by Crippen LogP contribution is 2.28. The smallest absolute Gasteiger partial charge is 0.481 e. The van der Waals surface area contributed by atoms with Crippen molar-refractivity contribution in [3.05, 3.63) is 29.8 Å². The molecule has 1 aromatic rings. The molecule has 0 fully saturated rings. The number of carbonyl (C=O) groups excluding carboxylic acids is 1. The fraction of sp³-hybridized carbons (Fsp3) is 0.467. The zero-order valence-corrected chi connectivity index (χ0v) is 12.7. The van der Waals surface area contributed by atoms with Crippen molar-refractivity contribution in [3.8, 4) is 5.75 Å². The number of carbonyl (C=O) groups is 2. The first-order valence-corrected chi connectivity index (χ1v) is 7.01. The summed E-state index contributed by atoms with van der Waals surface area (Å²) in [5.74, 6) is -2.52. The van der Waals surface area contributed by atoms with E-state index in [1.54, 1.807) is 13.8 Å². The number of ether oxygens (including phenoxy) is 1. The number of para-hydroxylation sites is 1. The summed E-state index contributed by atoms with van der Waals surface area (Å²) in [5, 5.41) is 11.7. The van der Waals surface area contributed by atoms with Gasteiger partial charge in [-0.05, 0) is 25.0 Å². The van der Waals surface area contributed by atoms with Gasteiger partial charge >= 0.3 is 12.3 Å². The number of halogens is 3. The molecule has 23 heavy (non-hydrogen) atoms. The highest BCUT2D eigenvalue weighted by molar-refractivity contribution is 5.97. The Balaban J connectivity index is 2.93. The van der Waals surface area contributed by atoms with Gasteiger partial charge in [0.15, 0.2) is 0 Å². The van der Waals surface area contributed by atoms with E-state index in [-0.39, 0.29) is 24.9 Å². The van der Waals surface area contributed by atoms with E-state index in [1.165, 1.54) is 18.2 Å². The van der Waals surface area contributed by atoms with Gasteiger partial charge in [-0.15, -0.1) is 13.2 Å². The molecule has 0 radical (unpaired) electrons. The molecule has 1 aromatic carbocycles. The lowest BCUT2D eigenvalue weighted by molar-refractivity contribution is -0.274. The quantitative estimate of drug-likeness (QED) is 0.803. The molecule has 1 amide bonds. The van der Waals surface area contributed by atoms with Crippen LogP contribution in [0.4, 0.5) is 13.2 Å². The average Bonchev–Trinajstić information content (AvgIpc) is 2.47. The molecule has 0 saturated heterocycles.